The van der Waals surface area contributed by atoms with E-state index in [-0.39, 0.29) is 0 Å². The molecule has 0 fully saturated rings. The molecule has 0 bridgehead atoms. The van der Waals surface area contributed by atoms with E-state index in [9.17, 15) is 0 Å². The summed E-state index contributed by atoms with van der Waals surface area (Å²) in [7, 11) is 3.29. The van der Waals surface area contributed by atoms with Crippen LogP contribution in [0.1, 0.15) is 5.56 Å². The summed E-state index contributed by atoms with van der Waals surface area (Å²) < 4.78 is 11.6. The van der Waals surface area contributed by atoms with Crippen molar-refractivity contribution in [2.45, 2.75) is 6.54 Å². The minimum atomic E-state index is 0.594. The first-order chi connectivity index (χ1) is 9.63. The van der Waals surface area contributed by atoms with Gasteiger partial charge < -0.3 is 14.8 Å². The zero-order chi connectivity index (χ0) is 14.5. The topological polar surface area (TPSA) is 30.5 Å². The Bertz CT molecular complexity index is 551. The highest BCUT2D eigenvalue weighted by Crippen LogP contribution is 2.30. The minimum absolute atomic E-state index is 0.594. The van der Waals surface area contributed by atoms with E-state index in [0.717, 1.165) is 27.2 Å². The van der Waals surface area contributed by atoms with Crippen molar-refractivity contribution in [1.29, 1.82) is 0 Å². The third kappa shape index (κ3) is 3.58. The fraction of sp³-hybridized carbons (Fsp3) is 0.200. The van der Waals surface area contributed by atoms with E-state index in [1.807, 2.05) is 36.4 Å². The van der Waals surface area contributed by atoms with Crippen LogP contribution in [-0.2, 0) is 6.54 Å². The van der Waals surface area contributed by atoms with Crippen molar-refractivity contribution in [3.63, 3.8) is 0 Å². The summed E-state index contributed by atoms with van der Waals surface area (Å²) in [6, 6.07) is 11.4. The van der Waals surface area contributed by atoms with Crippen LogP contribution in [-0.4, -0.2) is 14.2 Å². The van der Waals surface area contributed by atoms with Gasteiger partial charge in [0.15, 0.2) is 0 Å². The van der Waals surface area contributed by atoms with Gasteiger partial charge in [-0.1, -0.05) is 27.5 Å². The summed E-state index contributed by atoms with van der Waals surface area (Å²) in [6.45, 7) is 0.594. The predicted molar refractivity (Wildman–Crippen MR) is 86.0 cm³/mol. The Labute approximate surface area is 132 Å². The van der Waals surface area contributed by atoms with Crippen molar-refractivity contribution in [3.8, 4) is 11.5 Å². The lowest BCUT2D eigenvalue weighted by Crippen LogP contribution is -2.03. The molecule has 5 heteroatoms. The molecule has 0 radical (unpaired) electrons. The van der Waals surface area contributed by atoms with Crippen LogP contribution in [0, 0.1) is 0 Å². The molecule has 0 saturated carbocycles. The van der Waals surface area contributed by atoms with Gasteiger partial charge in [-0.15, -0.1) is 0 Å². The van der Waals surface area contributed by atoms with E-state index >= 15 is 0 Å². The number of halogens is 2. The summed E-state index contributed by atoms with van der Waals surface area (Å²) in [6.07, 6.45) is 0. The fourth-order valence-electron chi connectivity index (χ4n) is 1.89. The maximum absolute atomic E-state index is 6.02. The van der Waals surface area contributed by atoms with Gasteiger partial charge in [0.05, 0.1) is 19.9 Å². The molecule has 1 N–H and O–H groups in total. The average Bonchev–Trinajstić information content (AvgIpc) is 2.45. The second-order valence-corrected chi connectivity index (χ2v) is 5.51. The maximum Gasteiger partial charge on any atom is 0.142 e. The zero-order valence-corrected chi connectivity index (χ0v) is 13.6. The summed E-state index contributed by atoms with van der Waals surface area (Å²) in [5, 5.41) is 4.01. The van der Waals surface area contributed by atoms with Crippen LogP contribution in [0.5, 0.6) is 11.5 Å². The van der Waals surface area contributed by atoms with Gasteiger partial charge in [0.2, 0.25) is 0 Å². The number of ether oxygens (including phenoxy) is 2. The minimum Gasteiger partial charge on any atom is -0.496 e. The SMILES string of the molecule is COc1ccc(Cl)cc1CNc1cc(Br)ccc1OC. The molecule has 0 heterocycles. The lowest BCUT2D eigenvalue weighted by molar-refractivity contribution is 0.409. The molecule has 3 nitrogen and oxygen atoms in total. The lowest BCUT2D eigenvalue weighted by Gasteiger charge is -2.14. The zero-order valence-electron chi connectivity index (χ0n) is 11.2. The predicted octanol–water partition coefficient (Wildman–Crippen LogP) is 4.73. The third-order valence-electron chi connectivity index (χ3n) is 2.87. The Morgan fingerprint density at radius 2 is 1.75 bits per heavy atom. The quantitative estimate of drug-likeness (QED) is 0.840. The Morgan fingerprint density at radius 1 is 1.05 bits per heavy atom. The number of rotatable bonds is 5. The van der Waals surface area contributed by atoms with E-state index in [0.29, 0.717) is 11.6 Å². The van der Waals surface area contributed by atoms with E-state index < -0.39 is 0 Å². The van der Waals surface area contributed by atoms with Crippen molar-refractivity contribution in [2.75, 3.05) is 19.5 Å². The molecule has 0 aliphatic heterocycles. The molecule has 0 aromatic heterocycles. The van der Waals surface area contributed by atoms with Crippen LogP contribution in [0.15, 0.2) is 40.9 Å². The monoisotopic (exact) mass is 355 g/mol. The summed E-state index contributed by atoms with van der Waals surface area (Å²) in [5.74, 6) is 1.59. The van der Waals surface area contributed by atoms with Crippen molar-refractivity contribution < 1.29 is 9.47 Å². The number of anilines is 1. The van der Waals surface area contributed by atoms with E-state index in [4.69, 9.17) is 21.1 Å². The molecule has 2 aromatic carbocycles. The van der Waals surface area contributed by atoms with Crippen LogP contribution in [0.25, 0.3) is 0 Å². The molecule has 2 rings (SSSR count). The van der Waals surface area contributed by atoms with Gasteiger partial charge in [0.25, 0.3) is 0 Å². The van der Waals surface area contributed by atoms with Gasteiger partial charge in [0, 0.05) is 21.6 Å². The van der Waals surface area contributed by atoms with E-state index in [1.54, 1.807) is 14.2 Å². The normalized spacial score (nSPS) is 10.2. The van der Waals surface area contributed by atoms with Crippen LogP contribution in [0.3, 0.4) is 0 Å². The molecule has 2 aromatic rings. The summed E-state index contributed by atoms with van der Waals surface area (Å²) in [5.41, 5.74) is 1.89. The molecular formula is C15H15BrClNO2. The molecule has 0 spiro atoms. The van der Waals surface area contributed by atoms with Crippen LogP contribution in [0.2, 0.25) is 5.02 Å². The summed E-state index contributed by atoms with van der Waals surface area (Å²) >= 11 is 9.47. The molecular weight excluding hydrogens is 342 g/mol. The highest BCUT2D eigenvalue weighted by atomic mass is 79.9. The van der Waals surface area contributed by atoms with E-state index in [1.165, 1.54) is 0 Å². The lowest BCUT2D eigenvalue weighted by atomic mass is 10.2. The Hall–Kier alpha value is -1.39. The molecule has 0 aliphatic rings. The van der Waals surface area contributed by atoms with Crippen molar-refractivity contribution in [2.24, 2.45) is 0 Å². The number of hydrogen-bond acceptors (Lipinski definition) is 3. The Kier molecular flexibility index (Phi) is 5.15. The number of hydrogen-bond donors (Lipinski definition) is 1. The second kappa shape index (κ2) is 6.86. The van der Waals surface area contributed by atoms with Gasteiger partial charge >= 0.3 is 0 Å². The largest absolute Gasteiger partial charge is 0.496 e. The van der Waals surface area contributed by atoms with Crippen molar-refractivity contribution in [3.05, 3.63) is 51.5 Å². The van der Waals surface area contributed by atoms with Crippen LogP contribution >= 0.6 is 27.5 Å². The number of benzene rings is 2. The number of methoxy groups -OCH3 is 2. The fourth-order valence-corrected chi connectivity index (χ4v) is 2.45. The smallest absolute Gasteiger partial charge is 0.142 e. The maximum atomic E-state index is 6.02. The van der Waals surface area contributed by atoms with Gasteiger partial charge in [-0.25, -0.2) is 0 Å². The molecule has 0 amide bonds. The molecule has 0 unspecified atom stereocenters. The van der Waals surface area contributed by atoms with Gasteiger partial charge in [-0.3, -0.25) is 0 Å². The molecule has 0 saturated heterocycles. The first kappa shape index (κ1) is 15.0. The van der Waals surface area contributed by atoms with E-state index in [2.05, 4.69) is 21.2 Å². The van der Waals surface area contributed by atoms with Crippen LogP contribution < -0.4 is 14.8 Å². The second-order valence-electron chi connectivity index (χ2n) is 4.15. The average molecular weight is 357 g/mol. The van der Waals surface area contributed by atoms with Gasteiger partial charge in [0.1, 0.15) is 11.5 Å². The highest BCUT2D eigenvalue weighted by molar-refractivity contribution is 9.10. The molecule has 106 valence electrons. The number of nitrogens with one attached hydrogen (secondary N) is 1. The van der Waals surface area contributed by atoms with Crippen molar-refractivity contribution in [1.82, 2.24) is 0 Å². The summed E-state index contributed by atoms with van der Waals surface area (Å²) in [4.78, 5) is 0. The first-order valence-corrected chi connectivity index (χ1v) is 7.21. The Balaban J connectivity index is 2.20. The Morgan fingerprint density at radius 3 is 2.45 bits per heavy atom. The standard InChI is InChI=1S/C15H15BrClNO2/c1-19-14-6-4-12(17)7-10(14)9-18-13-8-11(16)3-5-15(13)20-2/h3-8,18H,9H2,1-2H3. The molecule has 0 atom stereocenters. The van der Waals surface area contributed by atoms with Gasteiger partial charge in [-0.05, 0) is 36.4 Å². The highest BCUT2D eigenvalue weighted by Gasteiger charge is 2.07. The molecule has 0 aliphatic carbocycles. The third-order valence-corrected chi connectivity index (χ3v) is 3.60. The molecule has 20 heavy (non-hydrogen) atoms. The van der Waals surface area contributed by atoms with Gasteiger partial charge in [-0.2, -0.15) is 0 Å². The van der Waals surface area contributed by atoms with Crippen molar-refractivity contribution >= 4 is 33.2 Å². The first-order valence-electron chi connectivity index (χ1n) is 6.04. The van der Waals surface area contributed by atoms with Crippen LogP contribution in [0.4, 0.5) is 5.69 Å².